The first-order chi connectivity index (χ1) is 7.69. The summed E-state index contributed by atoms with van der Waals surface area (Å²) in [6.07, 6.45) is 2.51. The molecule has 0 heterocycles. The van der Waals surface area contributed by atoms with Crippen LogP contribution in [0.15, 0.2) is 36.9 Å². The van der Waals surface area contributed by atoms with Crippen LogP contribution in [0.1, 0.15) is 28.8 Å². The van der Waals surface area contributed by atoms with Crippen LogP contribution in [0, 0.1) is 24.2 Å². The van der Waals surface area contributed by atoms with Crippen LogP contribution >= 0.6 is 0 Å². The van der Waals surface area contributed by atoms with Crippen molar-refractivity contribution in [3.63, 3.8) is 0 Å². The van der Waals surface area contributed by atoms with Crippen LogP contribution in [0.5, 0.6) is 0 Å². The zero-order valence-electron chi connectivity index (χ0n) is 9.44. The van der Waals surface area contributed by atoms with Crippen LogP contribution in [0.2, 0.25) is 0 Å². The van der Waals surface area contributed by atoms with Crippen LogP contribution < -0.4 is 0 Å². The van der Waals surface area contributed by atoms with E-state index in [2.05, 4.69) is 12.6 Å². The number of nitriles is 1. The summed E-state index contributed by atoms with van der Waals surface area (Å²) in [6.45, 7) is 5.49. The predicted molar refractivity (Wildman–Crippen MR) is 64.0 cm³/mol. The predicted octanol–water partition coefficient (Wildman–Crippen LogP) is 3.28. The first kappa shape index (κ1) is 12.2. The Bertz CT molecular complexity index is 429. The molecular weight excluding hydrogens is 198 g/mol. The molecule has 0 saturated carbocycles. The fourth-order valence-electron chi connectivity index (χ4n) is 1.60. The third-order valence-corrected chi connectivity index (χ3v) is 2.51. The molecule has 1 unspecified atom stereocenters. The van der Waals surface area contributed by atoms with E-state index in [0.717, 1.165) is 5.56 Å². The third-order valence-electron chi connectivity index (χ3n) is 2.51. The quantitative estimate of drug-likeness (QED) is 0.556. The molecule has 1 atom stereocenters. The molecule has 0 radical (unpaired) electrons. The normalized spacial score (nSPS) is 11.5. The Balaban J connectivity index is 2.76. The fraction of sp³-hybridized carbons (Fsp3) is 0.286. The van der Waals surface area contributed by atoms with Gasteiger partial charge in [0.1, 0.15) is 0 Å². The number of ketones is 1. The SMILES string of the molecule is C=CCC(C#N)CC(=O)c1ccccc1C. The highest BCUT2D eigenvalue weighted by atomic mass is 16.1. The van der Waals surface area contributed by atoms with E-state index in [1.807, 2.05) is 25.1 Å². The molecule has 0 aliphatic carbocycles. The third kappa shape index (κ3) is 3.06. The number of carbonyl (C=O) groups is 1. The lowest BCUT2D eigenvalue weighted by atomic mass is 9.94. The maximum Gasteiger partial charge on any atom is 0.164 e. The lowest BCUT2D eigenvalue weighted by molar-refractivity contribution is 0.0970. The topological polar surface area (TPSA) is 40.9 Å². The smallest absolute Gasteiger partial charge is 0.164 e. The van der Waals surface area contributed by atoms with E-state index in [1.54, 1.807) is 12.1 Å². The second kappa shape index (κ2) is 5.87. The molecule has 0 aromatic heterocycles. The average molecular weight is 213 g/mol. The number of benzene rings is 1. The van der Waals surface area contributed by atoms with E-state index in [9.17, 15) is 4.79 Å². The number of aryl methyl sites for hydroxylation is 1. The van der Waals surface area contributed by atoms with Crippen molar-refractivity contribution in [1.82, 2.24) is 0 Å². The zero-order valence-corrected chi connectivity index (χ0v) is 9.44. The highest BCUT2D eigenvalue weighted by molar-refractivity contribution is 5.97. The Morgan fingerprint density at radius 1 is 1.56 bits per heavy atom. The van der Waals surface area contributed by atoms with Crippen LogP contribution in [-0.4, -0.2) is 5.78 Å². The minimum atomic E-state index is -0.260. The van der Waals surface area contributed by atoms with Gasteiger partial charge in [-0.15, -0.1) is 6.58 Å². The van der Waals surface area contributed by atoms with Gasteiger partial charge in [-0.1, -0.05) is 30.3 Å². The van der Waals surface area contributed by atoms with Crippen molar-refractivity contribution in [2.45, 2.75) is 19.8 Å². The molecule has 1 aromatic rings. The second-order valence-electron chi connectivity index (χ2n) is 3.79. The first-order valence-electron chi connectivity index (χ1n) is 5.28. The fourth-order valence-corrected chi connectivity index (χ4v) is 1.60. The van der Waals surface area contributed by atoms with Crippen LogP contribution in [0.25, 0.3) is 0 Å². The van der Waals surface area contributed by atoms with Gasteiger partial charge < -0.3 is 0 Å². The van der Waals surface area contributed by atoms with Crippen molar-refractivity contribution >= 4 is 5.78 Å². The van der Waals surface area contributed by atoms with Crippen LogP contribution in [-0.2, 0) is 0 Å². The molecule has 1 rings (SSSR count). The summed E-state index contributed by atoms with van der Waals surface area (Å²) < 4.78 is 0. The summed E-state index contributed by atoms with van der Waals surface area (Å²) in [4.78, 5) is 11.9. The standard InChI is InChI=1S/C14H15NO/c1-3-6-12(10-15)9-14(16)13-8-5-4-7-11(13)2/h3-5,7-8,12H,1,6,9H2,2H3. The molecule has 0 amide bonds. The van der Waals surface area contributed by atoms with Crippen molar-refractivity contribution in [2.24, 2.45) is 5.92 Å². The van der Waals surface area contributed by atoms with Crippen molar-refractivity contribution in [1.29, 1.82) is 5.26 Å². The van der Waals surface area contributed by atoms with E-state index in [1.165, 1.54) is 0 Å². The molecule has 1 aromatic carbocycles. The molecule has 0 saturated heterocycles. The van der Waals surface area contributed by atoms with E-state index < -0.39 is 0 Å². The Hall–Kier alpha value is -1.88. The van der Waals surface area contributed by atoms with Gasteiger partial charge in [-0.2, -0.15) is 5.26 Å². The molecule has 2 heteroatoms. The number of nitrogens with zero attached hydrogens (tertiary/aromatic N) is 1. The number of Topliss-reactive ketones (excluding diaryl/α,β-unsaturated/α-hetero) is 1. The first-order valence-corrected chi connectivity index (χ1v) is 5.28. The molecule has 0 fully saturated rings. The molecule has 0 bridgehead atoms. The maximum atomic E-state index is 11.9. The Kier molecular flexibility index (Phi) is 4.47. The molecular formula is C14H15NO. The van der Waals surface area contributed by atoms with Gasteiger partial charge in [0.05, 0.1) is 12.0 Å². The molecule has 82 valence electrons. The maximum absolute atomic E-state index is 11.9. The second-order valence-corrected chi connectivity index (χ2v) is 3.79. The van der Waals surface area contributed by atoms with E-state index in [4.69, 9.17) is 5.26 Å². The average Bonchev–Trinajstić information content (AvgIpc) is 2.28. The summed E-state index contributed by atoms with van der Waals surface area (Å²) in [5.74, 6) is -0.226. The molecule has 0 spiro atoms. The van der Waals surface area contributed by atoms with Crippen molar-refractivity contribution < 1.29 is 4.79 Å². The van der Waals surface area contributed by atoms with Gasteiger partial charge in [-0.05, 0) is 18.9 Å². The van der Waals surface area contributed by atoms with Gasteiger partial charge >= 0.3 is 0 Å². The van der Waals surface area contributed by atoms with Crippen molar-refractivity contribution in [3.8, 4) is 6.07 Å². The minimum absolute atomic E-state index is 0.0338. The molecule has 16 heavy (non-hydrogen) atoms. The van der Waals surface area contributed by atoms with Gasteiger partial charge in [0.2, 0.25) is 0 Å². The molecule has 0 aliphatic rings. The Labute approximate surface area is 96.2 Å². The highest BCUT2D eigenvalue weighted by Crippen LogP contribution is 2.15. The molecule has 0 N–H and O–H groups in total. The largest absolute Gasteiger partial charge is 0.294 e. The summed E-state index contributed by atoms with van der Waals surface area (Å²) in [6, 6.07) is 9.58. The van der Waals surface area contributed by atoms with E-state index in [-0.39, 0.29) is 18.1 Å². The minimum Gasteiger partial charge on any atom is -0.294 e. The Morgan fingerprint density at radius 3 is 2.81 bits per heavy atom. The molecule has 0 aliphatic heterocycles. The van der Waals surface area contributed by atoms with E-state index >= 15 is 0 Å². The van der Waals surface area contributed by atoms with Gasteiger partial charge in [0, 0.05) is 12.0 Å². The number of carbonyl (C=O) groups excluding carboxylic acids is 1. The monoisotopic (exact) mass is 213 g/mol. The number of hydrogen-bond acceptors (Lipinski definition) is 2. The highest BCUT2D eigenvalue weighted by Gasteiger charge is 2.14. The summed E-state index contributed by atoms with van der Waals surface area (Å²) >= 11 is 0. The summed E-state index contributed by atoms with van der Waals surface area (Å²) in [5, 5.41) is 8.87. The number of hydrogen-bond donors (Lipinski definition) is 0. The zero-order chi connectivity index (χ0) is 12.0. The van der Waals surface area contributed by atoms with Gasteiger partial charge in [0.25, 0.3) is 0 Å². The van der Waals surface area contributed by atoms with Gasteiger partial charge in [-0.3, -0.25) is 4.79 Å². The lowest BCUT2D eigenvalue weighted by Gasteiger charge is -2.07. The van der Waals surface area contributed by atoms with Crippen molar-refractivity contribution in [2.75, 3.05) is 0 Å². The van der Waals surface area contributed by atoms with Gasteiger partial charge in [-0.25, -0.2) is 0 Å². The van der Waals surface area contributed by atoms with E-state index in [0.29, 0.717) is 12.0 Å². The van der Waals surface area contributed by atoms with Crippen molar-refractivity contribution in [3.05, 3.63) is 48.0 Å². The van der Waals surface area contributed by atoms with Crippen LogP contribution in [0.3, 0.4) is 0 Å². The Morgan fingerprint density at radius 2 is 2.25 bits per heavy atom. The van der Waals surface area contributed by atoms with Crippen LogP contribution in [0.4, 0.5) is 0 Å². The molecule has 2 nitrogen and oxygen atoms in total. The number of rotatable bonds is 5. The summed E-state index contributed by atoms with van der Waals surface area (Å²) in [5.41, 5.74) is 1.68. The van der Waals surface area contributed by atoms with Gasteiger partial charge in [0.15, 0.2) is 5.78 Å². The lowest BCUT2D eigenvalue weighted by Crippen LogP contribution is -2.08. The number of allylic oxidation sites excluding steroid dienone is 1. The summed E-state index contributed by atoms with van der Waals surface area (Å²) in [7, 11) is 0.